The number of rotatable bonds is 7. The van der Waals surface area contributed by atoms with Crippen LogP contribution in [0, 0.1) is 29.1 Å². The van der Waals surface area contributed by atoms with Gasteiger partial charge in [-0.3, -0.25) is 9.48 Å². The molecule has 6 nitrogen and oxygen atoms in total. The molecule has 0 atom stereocenters. The zero-order chi connectivity index (χ0) is 25.3. The van der Waals surface area contributed by atoms with E-state index in [9.17, 15) is 26.7 Å². The second-order valence-corrected chi connectivity index (χ2v) is 7.82. The molecule has 0 radical (unpaired) electrons. The molecule has 0 saturated carbocycles. The largest absolute Gasteiger partial charge is 0.479 e. The predicted molar refractivity (Wildman–Crippen MR) is 115 cm³/mol. The lowest BCUT2D eigenvalue weighted by atomic mass is 10.2. The Morgan fingerprint density at radius 2 is 1.57 bits per heavy atom. The normalized spacial score (nSPS) is 11.1. The number of benzene rings is 2. The number of nitrogens with one attached hydrogen (secondary N) is 1. The number of furan rings is 1. The summed E-state index contributed by atoms with van der Waals surface area (Å²) in [5.74, 6) is -13.2. The Labute approximate surface area is 203 Å². The molecule has 2 aromatic heterocycles. The maximum Gasteiger partial charge on any atom is 0.292 e. The average Bonchev–Trinajstić information content (AvgIpc) is 3.48. The first-order chi connectivity index (χ1) is 16.7. The van der Waals surface area contributed by atoms with Crippen molar-refractivity contribution in [3.8, 4) is 5.75 Å². The van der Waals surface area contributed by atoms with Gasteiger partial charge in [0.15, 0.2) is 17.3 Å². The highest BCUT2D eigenvalue weighted by molar-refractivity contribution is 6.35. The van der Waals surface area contributed by atoms with Gasteiger partial charge in [-0.05, 0) is 24.3 Å². The highest BCUT2D eigenvalue weighted by atomic mass is 35.5. The van der Waals surface area contributed by atoms with E-state index < -0.39 is 47.3 Å². The number of halogens is 7. The fourth-order valence-electron chi connectivity index (χ4n) is 2.97. The molecular weight excluding hydrogens is 520 g/mol. The third-order valence-electron chi connectivity index (χ3n) is 4.68. The van der Waals surface area contributed by atoms with E-state index in [2.05, 4.69) is 10.4 Å². The standard InChI is InChI=1S/C22H12Cl2F5N3O3/c23-12-2-1-3-13(24)11(12)8-32-7-6-15(31-32)30-22(33)14-5-4-10(35-14)9-34-21-19(28)17(26)16(25)18(27)20(21)29/h1-7H,8-9H2,(H,30,31,33). The topological polar surface area (TPSA) is 69.3 Å². The van der Waals surface area contributed by atoms with Gasteiger partial charge in [-0.15, -0.1) is 0 Å². The lowest BCUT2D eigenvalue weighted by Gasteiger charge is -2.09. The molecule has 0 aliphatic rings. The Kier molecular flexibility index (Phi) is 6.99. The predicted octanol–water partition coefficient (Wildman–Crippen LogP) is 6.36. The molecule has 0 aliphatic heterocycles. The molecule has 13 heteroatoms. The molecule has 0 aliphatic carbocycles. The number of carbonyl (C=O) groups excluding carboxylic acids is 1. The number of hydrogen-bond acceptors (Lipinski definition) is 4. The van der Waals surface area contributed by atoms with Gasteiger partial charge < -0.3 is 14.5 Å². The van der Waals surface area contributed by atoms with E-state index in [4.69, 9.17) is 32.4 Å². The third kappa shape index (κ3) is 5.10. The summed E-state index contributed by atoms with van der Waals surface area (Å²) in [7, 11) is 0. The number of ether oxygens (including phenoxy) is 1. The van der Waals surface area contributed by atoms with Gasteiger partial charge in [-0.25, -0.2) is 13.2 Å². The van der Waals surface area contributed by atoms with Crippen molar-refractivity contribution in [2.45, 2.75) is 13.2 Å². The van der Waals surface area contributed by atoms with E-state index in [-0.39, 0.29) is 23.9 Å². The van der Waals surface area contributed by atoms with Crippen LogP contribution in [-0.4, -0.2) is 15.7 Å². The van der Waals surface area contributed by atoms with Gasteiger partial charge in [-0.2, -0.15) is 13.9 Å². The molecular formula is C22H12Cl2F5N3O3. The molecule has 4 rings (SSSR count). The fraction of sp³-hybridized carbons (Fsp3) is 0.0909. The number of nitrogens with zero attached hydrogens (tertiary/aromatic N) is 2. The van der Waals surface area contributed by atoms with Gasteiger partial charge >= 0.3 is 0 Å². The van der Waals surface area contributed by atoms with Crippen molar-refractivity contribution in [1.29, 1.82) is 0 Å². The van der Waals surface area contributed by atoms with Crippen molar-refractivity contribution in [3.05, 3.63) is 98.8 Å². The minimum absolute atomic E-state index is 0.113. The van der Waals surface area contributed by atoms with Crippen molar-refractivity contribution < 1.29 is 35.9 Å². The minimum Gasteiger partial charge on any atom is -0.479 e. The Hall–Kier alpha value is -3.57. The van der Waals surface area contributed by atoms with Crippen LogP contribution < -0.4 is 10.1 Å². The number of amides is 1. The van der Waals surface area contributed by atoms with Crippen LogP contribution in [0.25, 0.3) is 0 Å². The van der Waals surface area contributed by atoms with Gasteiger partial charge in [0.25, 0.3) is 5.91 Å². The average molecular weight is 532 g/mol. The zero-order valence-corrected chi connectivity index (χ0v) is 18.7. The van der Waals surface area contributed by atoms with Crippen LogP contribution in [-0.2, 0) is 13.2 Å². The summed E-state index contributed by atoms with van der Waals surface area (Å²) in [6, 6.07) is 9.04. The fourth-order valence-corrected chi connectivity index (χ4v) is 3.49. The molecule has 0 fully saturated rings. The van der Waals surface area contributed by atoms with Crippen molar-refractivity contribution in [2.75, 3.05) is 5.32 Å². The molecule has 0 saturated heterocycles. The minimum atomic E-state index is -2.30. The van der Waals surface area contributed by atoms with Gasteiger partial charge in [0.2, 0.25) is 29.1 Å². The number of carbonyl (C=O) groups is 1. The lowest BCUT2D eigenvalue weighted by molar-refractivity contribution is 0.0991. The van der Waals surface area contributed by atoms with Gasteiger partial charge in [0, 0.05) is 27.9 Å². The van der Waals surface area contributed by atoms with E-state index in [0.29, 0.717) is 15.6 Å². The summed E-state index contributed by atoms with van der Waals surface area (Å²) in [6.07, 6.45) is 1.58. The van der Waals surface area contributed by atoms with Crippen molar-refractivity contribution in [1.82, 2.24) is 9.78 Å². The summed E-state index contributed by atoms with van der Waals surface area (Å²) in [4.78, 5) is 12.4. The monoisotopic (exact) mass is 531 g/mol. The number of anilines is 1. The maximum absolute atomic E-state index is 13.7. The van der Waals surface area contributed by atoms with Crippen LogP contribution in [0.2, 0.25) is 10.0 Å². The quantitative estimate of drug-likeness (QED) is 0.171. The Morgan fingerprint density at radius 3 is 2.23 bits per heavy atom. The van der Waals surface area contributed by atoms with Crippen LogP contribution in [0.15, 0.2) is 47.0 Å². The van der Waals surface area contributed by atoms with Crippen LogP contribution in [0.4, 0.5) is 27.8 Å². The summed E-state index contributed by atoms with van der Waals surface area (Å²) >= 11 is 12.3. The molecule has 182 valence electrons. The smallest absolute Gasteiger partial charge is 0.292 e. The molecule has 2 heterocycles. The molecule has 0 spiro atoms. The van der Waals surface area contributed by atoms with E-state index in [1.165, 1.54) is 22.9 Å². The van der Waals surface area contributed by atoms with Gasteiger partial charge in [-0.1, -0.05) is 29.3 Å². The summed E-state index contributed by atoms with van der Waals surface area (Å²) < 4.78 is 78.5. The first kappa shape index (κ1) is 24.6. The number of aromatic nitrogens is 2. The van der Waals surface area contributed by atoms with Crippen LogP contribution in [0.5, 0.6) is 5.75 Å². The molecule has 2 aromatic carbocycles. The first-order valence-corrected chi connectivity index (χ1v) is 10.4. The van der Waals surface area contributed by atoms with Crippen molar-refractivity contribution >= 4 is 34.9 Å². The van der Waals surface area contributed by atoms with E-state index in [1.54, 1.807) is 24.4 Å². The molecule has 35 heavy (non-hydrogen) atoms. The van der Waals surface area contributed by atoms with E-state index >= 15 is 0 Å². The molecule has 0 bridgehead atoms. The van der Waals surface area contributed by atoms with Gasteiger partial charge in [0.1, 0.15) is 12.4 Å². The highest BCUT2D eigenvalue weighted by Crippen LogP contribution is 2.30. The molecule has 0 unspecified atom stereocenters. The first-order valence-electron chi connectivity index (χ1n) is 9.66. The molecule has 1 amide bonds. The number of hydrogen-bond donors (Lipinski definition) is 1. The lowest BCUT2D eigenvalue weighted by Crippen LogP contribution is -2.12. The summed E-state index contributed by atoms with van der Waals surface area (Å²) in [5.41, 5.74) is 0.640. The third-order valence-corrected chi connectivity index (χ3v) is 5.39. The zero-order valence-electron chi connectivity index (χ0n) is 17.2. The van der Waals surface area contributed by atoms with Crippen LogP contribution in [0.3, 0.4) is 0 Å². The molecule has 1 N–H and O–H groups in total. The SMILES string of the molecule is O=C(Nc1ccn(Cc2c(Cl)cccc2Cl)n1)c1ccc(COc2c(F)c(F)c(F)c(F)c2F)o1. The van der Waals surface area contributed by atoms with E-state index in [1.807, 2.05) is 0 Å². The molecule has 4 aromatic rings. The van der Waals surface area contributed by atoms with Crippen LogP contribution >= 0.6 is 23.2 Å². The Morgan fingerprint density at radius 1 is 0.943 bits per heavy atom. The Balaban J connectivity index is 1.40. The Bertz CT molecular complexity index is 1370. The van der Waals surface area contributed by atoms with E-state index in [0.717, 1.165) is 0 Å². The van der Waals surface area contributed by atoms with Crippen molar-refractivity contribution in [2.24, 2.45) is 0 Å². The van der Waals surface area contributed by atoms with Crippen LogP contribution in [0.1, 0.15) is 21.9 Å². The van der Waals surface area contributed by atoms with Gasteiger partial charge in [0.05, 0.1) is 6.54 Å². The highest BCUT2D eigenvalue weighted by Gasteiger charge is 2.27. The van der Waals surface area contributed by atoms with Crippen molar-refractivity contribution in [3.63, 3.8) is 0 Å². The summed E-state index contributed by atoms with van der Waals surface area (Å²) in [5, 5.41) is 7.59. The maximum atomic E-state index is 13.7. The summed E-state index contributed by atoms with van der Waals surface area (Å²) in [6.45, 7) is -0.465. The second-order valence-electron chi connectivity index (χ2n) is 7.01. The second kappa shape index (κ2) is 9.96.